The second-order valence-corrected chi connectivity index (χ2v) is 13.4. The van der Waals surface area contributed by atoms with Gasteiger partial charge in [-0.1, -0.05) is 91.0 Å². The molecule has 9 heteroatoms. The summed E-state index contributed by atoms with van der Waals surface area (Å²) in [4.78, 5) is 18.3. The van der Waals surface area contributed by atoms with Gasteiger partial charge in [-0.25, -0.2) is 15.0 Å². The van der Waals surface area contributed by atoms with Gasteiger partial charge in [-0.3, -0.25) is 0 Å². The normalized spacial score (nSPS) is 10.2. The van der Waals surface area contributed by atoms with Gasteiger partial charge in [0.1, 0.15) is 11.1 Å². The molecule has 0 aliphatic heterocycles. The lowest BCUT2D eigenvalue weighted by atomic mass is 10.3. The minimum Gasteiger partial charge on any atom is -0.464 e. The van der Waals surface area contributed by atoms with E-state index >= 15 is 0 Å². The maximum Gasteiger partial charge on any atom is 0.181 e. The maximum absolute atomic E-state index is 5.12. The molecule has 0 saturated carbocycles. The van der Waals surface area contributed by atoms with E-state index in [0.29, 0.717) is 0 Å². The fourth-order valence-corrected chi connectivity index (χ4v) is 6.76. The first kappa shape index (κ1) is 35.6. The summed E-state index contributed by atoms with van der Waals surface area (Å²) in [6.07, 6.45) is 6.80. The predicted molar refractivity (Wildman–Crippen MR) is 226 cm³/mol. The van der Waals surface area contributed by atoms with Crippen molar-refractivity contribution in [3.05, 3.63) is 200 Å². The maximum atomic E-state index is 5.12. The van der Waals surface area contributed by atoms with Crippen LogP contribution in [0.15, 0.2) is 209 Å². The molecule has 0 bridgehead atoms. The van der Waals surface area contributed by atoms with E-state index in [1.165, 1.54) is 32.1 Å². The van der Waals surface area contributed by atoms with E-state index in [9.17, 15) is 0 Å². The largest absolute Gasteiger partial charge is 0.464 e. The number of thiophene rings is 1. The summed E-state index contributed by atoms with van der Waals surface area (Å²) in [7, 11) is 0. The van der Waals surface area contributed by atoms with Crippen LogP contribution >= 0.6 is 22.7 Å². The number of imidazole rings is 1. The van der Waals surface area contributed by atoms with Crippen molar-refractivity contribution in [2.24, 2.45) is 0 Å². The van der Waals surface area contributed by atoms with E-state index in [-0.39, 0.29) is 0 Å². The Balaban J connectivity index is 0.0000001000. The van der Waals surface area contributed by atoms with Crippen molar-refractivity contribution in [2.75, 3.05) is 0 Å². The highest BCUT2D eigenvalue weighted by Crippen LogP contribution is 2.19. The second-order valence-electron chi connectivity index (χ2n) is 11.5. The molecule has 12 aromatic rings. The standard InChI is InChI=1S/C8H7N.C8H6O.C8H6S.C7H6N2.C7H5NO.C7H5NS/c3*1-2-4-8-7(3-1)5-6-9-8;3*1-2-4-7-6(3-1)8-5-9-7/h1-6,9H;2*1-6H;1-5H,(H,8,9);2*1-5H. The first-order chi connectivity index (χ1) is 26.8. The Morgan fingerprint density at radius 2 is 1.09 bits per heavy atom. The zero-order valence-corrected chi connectivity index (χ0v) is 30.7. The van der Waals surface area contributed by atoms with Gasteiger partial charge in [0.15, 0.2) is 12.0 Å². The van der Waals surface area contributed by atoms with E-state index in [1.54, 1.807) is 35.3 Å². The first-order valence-electron chi connectivity index (χ1n) is 17.1. The average molecular weight is 742 g/mol. The van der Waals surface area contributed by atoms with Crippen LogP contribution in [-0.2, 0) is 0 Å². The molecule has 0 unspecified atom stereocenters. The number of benzene rings is 6. The lowest BCUT2D eigenvalue weighted by Gasteiger charge is -1.83. The van der Waals surface area contributed by atoms with Crippen LogP contribution in [0.2, 0.25) is 0 Å². The van der Waals surface area contributed by atoms with Crippen LogP contribution in [0.3, 0.4) is 0 Å². The lowest BCUT2D eigenvalue weighted by molar-refractivity contribution is 0.602. The van der Waals surface area contributed by atoms with E-state index in [2.05, 4.69) is 84.9 Å². The highest BCUT2D eigenvalue weighted by atomic mass is 32.1. The van der Waals surface area contributed by atoms with Crippen molar-refractivity contribution >= 4 is 87.0 Å². The highest BCUT2D eigenvalue weighted by Gasteiger charge is 1.93. The molecule has 54 heavy (non-hydrogen) atoms. The molecule has 0 spiro atoms. The van der Waals surface area contributed by atoms with Crippen molar-refractivity contribution < 1.29 is 8.83 Å². The van der Waals surface area contributed by atoms with Crippen LogP contribution in [0.5, 0.6) is 0 Å². The summed E-state index contributed by atoms with van der Waals surface area (Å²) >= 11 is 3.46. The summed E-state index contributed by atoms with van der Waals surface area (Å²) in [5.74, 6) is 0. The number of nitrogens with one attached hydrogen (secondary N) is 2. The quantitative estimate of drug-likeness (QED) is 0.161. The number of aromatic amines is 2. The number of hydrogen-bond acceptors (Lipinski definition) is 7. The van der Waals surface area contributed by atoms with Crippen LogP contribution in [0.4, 0.5) is 0 Å². The number of nitrogens with zero attached hydrogens (tertiary/aromatic N) is 3. The van der Waals surface area contributed by atoms with Gasteiger partial charge in [0.25, 0.3) is 0 Å². The van der Waals surface area contributed by atoms with Crippen LogP contribution in [0.1, 0.15) is 0 Å². The number of fused-ring (bicyclic) bond motifs is 6. The van der Waals surface area contributed by atoms with E-state index in [0.717, 1.165) is 38.6 Å². The summed E-state index contributed by atoms with van der Waals surface area (Å²) in [6.45, 7) is 0. The Morgan fingerprint density at radius 1 is 0.426 bits per heavy atom. The number of para-hydroxylation sites is 7. The third kappa shape index (κ3) is 9.74. The second kappa shape index (κ2) is 18.6. The molecule has 0 aliphatic rings. The van der Waals surface area contributed by atoms with E-state index in [4.69, 9.17) is 8.83 Å². The van der Waals surface area contributed by atoms with Crippen molar-refractivity contribution in [3.8, 4) is 0 Å². The fraction of sp³-hybridized carbons (Fsp3) is 0. The van der Waals surface area contributed by atoms with Crippen LogP contribution in [0.25, 0.3) is 64.3 Å². The molecule has 6 aromatic carbocycles. The molecular formula is C45H35N5O2S2. The molecule has 2 N–H and O–H groups in total. The predicted octanol–water partition coefficient (Wildman–Crippen LogP) is 13.2. The third-order valence-electron chi connectivity index (χ3n) is 7.99. The Hall–Kier alpha value is -6.81. The lowest BCUT2D eigenvalue weighted by Crippen LogP contribution is -1.63. The minimum atomic E-state index is 0.845. The van der Waals surface area contributed by atoms with E-state index in [1.807, 2.05) is 121 Å². The van der Waals surface area contributed by atoms with Crippen molar-refractivity contribution in [3.63, 3.8) is 0 Å². The highest BCUT2D eigenvalue weighted by molar-refractivity contribution is 7.17. The Bertz CT molecular complexity index is 2200. The molecular weight excluding hydrogens is 707 g/mol. The van der Waals surface area contributed by atoms with Crippen molar-refractivity contribution in [1.29, 1.82) is 0 Å². The monoisotopic (exact) mass is 741 g/mol. The molecule has 7 nitrogen and oxygen atoms in total. The van der Waals surface area contributed by atoms with Gasteiger partial charge in [-0.15, -0.1) is 22.7 Å². The number of furan rings is 1. The average Bonchev–Trinajstić information content (AvgIpc) is 4.09. The molecule has 0 radical (unpaired) electrons. The van der Waals surface area contributed by atoms with Gasteiger partial charge in [0.2, 0.25) is 0 Å². The number of oxazole rings is 1. The molecule has 0 atom stereocenters. The fourth-order valence-electron chi connectivity index (χ4n) is 5.29. The minimum absolute atomic E-state index is 0.845. The smallest absolute Gasteiger partial charge is 0.181 e. The topological polar surface area (TPSA) is 96.5 Å². The molecule has 264 valence electrons. The van der Waals surface area contributed by atoms with Crippen molar-refractivity contribution in [1.82, 2.24) is 24.9 Å². The first-order valence-corrected chi connectivity index (χ1v) is 18.9. The molecule has 0 saturated heterocycles. The Kier molecular flexibility index (Phi) is 12.3. The zero-order chi connectivity index (χ0) is 36.6. The number of aromatic nitrogens is 5. The molecule has 12 rings (SSSR count). The molecule has 0 aliphatic carbocycles. The van der Waals surface area contributed by atoms with Crippen LogP contribution in [-0.4, -0.2) is 24.9 Å². The van der Waals surface area contributed by atoms with E-state index < -0.39 is 0 Å². The summed E-state index contributed by atoms with van der Waals surface area (Å²) in [5, 5.41) is 5.91. The SMILES string of the molecule is c1ccc2[nH]ccc2c1.c1ccc2[nH]cnc2c1.c1ccc2occc2c1.c1ccc2ocnc2c1.c1ccc2sccc2c1.c1ccc2scnc2c1. The van der Waals surface area contributed by atoms with Gasteiger partial charge in [-0.2, -0.15) is 0 Å². The van der Waals surface area contributed by atoms with Gasteiger partial charge in [0, 0.05) is 21.8 Å². The number of hydrogen-bond donors (Lipinski definition) is 2. The van der Waals surface area contributed by atoms with Gasteiger partial charge < -0.3 is 18.8 Å². The van der Waals surface area contributed by atoms with Crippen molar-refractivity contribution in [2.45, 2.75) is 0 Å². The summed E-state index contributed by atoms with van der Waals surface area (Å²) in [5.41, 5.74) is 9.01. The summed E-state index contributed by atoms with van der Waals surface area (Å²) < 4.78 is 12.8. The molecule has 6 aromatic heterocycles. The Morgan fingerprint density at radius 3 is 1.85 bits per heavy atom. The van der Waals surface area contributed by atoms with Gasteiger partial charge in [-0.05, 0) is 88.9 Å². The molecule has 6 heterocycles. The third-order valence-corrected chi connectivity index (χ3v) is 9.69. The van der Waals surface area contributed by atoms with Gasteiger partial charge in [0.05, 0.1) is 39.4 Å². The zero-order valence-electron chi connectivity index (χ0n) is 29.0. The Labute approximate surface area is 319 Å². The van der Waals surface area contributed by atoms with Gasteiger partial charge >= 0.3 is 0 Å². The number of H-pyrrole nitrogens is 2. The number of rotatable bonds is 0. The van der Waals surface area contributed by atoms with Crippen LogP contribution < -0.4 is 0 Å². The summed E-state index contributed by atoms with van der Waals surface area (Å²) in [6, 6.07) is 54.5. The number of thiazole rings is 1. The molecule has 0 fully saturated rings. The van der Waals surface area contributed by atoms with Crippen LogP contribution in [0, 0.1) is 0 Å². The molecule has 0 amide bonds.